The van der Waals surface area contributed by atoms with Gasteiger partial charge in [0.05, 0.1) is 26.1 Å². The third-order valence-electron chi connectivity index (χ3n) is 6.06. The minimum absolute atomic E-state index is 0. The van der Waals surface area contributed by atoms with E-state index in [1.165, 1.54) is 31.0 Å². The summed E-state index contributed by atoms with van der Waals surface area (Å²) in [5.41, 5.74) is 3.80. The number of anilines is 1. The van der Waals surface area contributed by atoms with Crippen LogP contribution in [0.5, 0.6) is 0 Å². The van der Waals surface area contributed by atoms with Gasteiger partial charge >= 0.3 is 11.9 Å². The Morgan fingerprint density at radius 1 is 1.12 bits per heavy atom. The second kappa shape index (κ2) is 7.45. The number of nitrogens with zero attached hydrogens (tertiary/aromatic N) is 1. The van der Waals surface area contributed by atoms with Crippen molar-refractivity contribution < 1.29 is 19.1 Å². The van der Waals surface area contributed by atoms with Crippen LogP contribution >= 0.6 is 12.4 Å². The van der Waals surface area contributed by atoms with Gasteiger partial charge in [-0.05, 0) is 30.4 Å². The number of rotatable bonds is 4. The van der Waals surface area contributed by atoms with Gasteiger partial charge in [0.2, 0.25) is 0 Å². The fourth-order valence-electron chi connectivity index (χ4n) is 5.02. The van der Waals surface area contributed by atoms with Crippen molar-refractivity contribution in [2.24, 2.45) is 11.8 Å². The number of methoxy groups -OCH3 is 2. The molecule has 4 atom stereocenters. The number of ether oxygens (including phenoxy) is 2. The Balaban J connectivity index is 0.00000196. The maximum Gasteiger partial charge on any atom is 0.311 e. The lowest BCUT2D eigenvalue weighted by atomic mass is 9.79. The Labute approximate surface area is 159 Å². The number of fused-ring (bicyclic) bond motifs is 3. The molecule has 0 aromatic heterocycles. The summed E-state index contributed by atoms with van der Waals surface area (Å²) in [7, 11) is 2.78. The molecule has 3 heterocycles. The van der Waals surface area contributed by atoms with Crippen molar-refractivity contribution in [3.05, 3.63) is 29.3 Å². The number of carbonyl (C=O) groups is 2. The van der Waals surface area contributed by atoms with Gasteiger partial charge in [0.15, 0.2) is 0 Å². The van der Waals surface area contributed by atoms with Crippen molar-refractivity contribution in [3.63, 3.8) is 0 Å². The molecule has 0 saturated carbocycles. The van der Waals surface area contributed by atoms with Crippen LogP contribution in [0.25, 0.3) is 0 Å². The van der Waals surface area contributed by atoms with E-state index in [0.29, 0.717) is 0 Å². The largest absolute Gasteiger partial charge is 0.469 e. The molecule has 6 nitrogen and oxygen atoms in total. The molecule has 0 aliphatic carbocycles. The average molecular weight is 381 g/mol. The van der Waals surface area contributed by atoms with Gasteiger partial charge in [0.1, 0.15) is 0 Å². The molecule has 0 spiro atoms. The highest BCUT2D eigenvalue weighted by atomic mass is 35.5. The molecule has 3 aliphatic heterocycles. The van der Waals surface area contributed by atoms with Gasteiger partial charge in [-0.1, -0.05) is 18.2 Å². The number of hydrogen-bond acceptors (Lipinski definition) is 6. The van der Waals surface area contributed by atoms with E-state index < -0.39 is 11.8 Å². The Bertz CT molecular complexity index is 681. The van der Waals surface area contributed by atoms with E-state index in [9.17, 15) is 9.59 Å². The first kappa shape index (κ1) is 19.0. The van der Waals surface area contributed by atoms with Crippen LogP contribution in [0.1, 0.15) is 24.0 Å². The third kappa shape index (κ3) is 2.85. The molecule has 2 fully saturated rings. The van der Waals surface area contributed by atoms with Crippen molar-refractivity contribution in [3.8, 4) is 0 Å². The van der Waals surface area contributed by atoms with E-state index in [0.717, 1.165) is 32.4 Å². The highest BCUT2D eigenvalue weighted by Crippen LogP contribution is 2.48. The molecule has 26 heavy (non-hydrogen) atoms. The summed E-state index contributed by atoms with van der Waals surface area (Å²) in [5.74, 6) is -1.46. The number of para-hydroxylation sites is 1. The average Bonchev–Trinajstić information content (AvgIpc) is 3.34. The molecule has 1 aromatic rings. The van der Waals surface area contributed by atoms with Crippen molar-refractivity contribution in [1.82, 2.24) is 4.90 Å². The molecular formula is C19H25ClN2O4. The Hall–Kier alpha value is -1.79. The highest BCUT2D eigenvalue weighted by Gasteiger charge is 2.59. The molecule has 4 rings (SSSR count). The van der Waals surface area contributed by atoms with E-state index in [1.54, 1.807) is 0 Å². The van der Waals surface area contributed by atoms with Crippen molar-refractivity contribution >= 4 is 30.0 Å². The van der Waals surface area contributed by atoms with Crippen LogP contribution in [0.15, 0.2) is 18.2 Å². The van der Waals surface area contributed by atoms with Crippen LogP contribution in [0.3, 0.4) is 0 Å². The molecule has 2 bridgehead atoms. The lowest BCUT2D eigenvalue weighted by Crippen LogP contribution is -2.39. The predicted octanol–water partition coefficient (Wildman–Crippen LogP) is 2.00. The number of halogens is 1. The minimum Gasteiger partial charge on any atom is -0.469 e. The Morgan fingerprint density at radius 3 is 2.31 bits per heavy atom. The number of benzene rings is 1. The quantitative estimate of drug-likeness (QED) is 0.806. The van der Waals surface area contributed by atoms with E-state index >= 15 is 0 Å². The van der Waals surface area contributed by atoms with Gasteiger partial charge in [-0.2, -0.15) is 0 Å². The van der Waals surface area contributed by atoms with Gasteiger partial charge in [0.25, 0.3) is 0 Å². The van der Waals surface area contributed by atoms with Crippen LogP contribution < -0.4 is 5.32 Å². The van der Waals surface area contributed by atoms with Crippen molar-refractivity contribution in [1.29, 1.82) is 0 Å². The zero-order chi connectivity index (χ0) is 17.6. The number of nitrogens with one attached hydrogen (secondary N) is 1. The summed E-state index contributed by atoms with van der Waals surface area (Å²) >= 11 is 0. The molecule has 7 heteroatoms. The van der Waals surface area contributed by atoms with Gasteiger partial charge < -0.3 is 14.8 Å². The SMILES string of the molecule is COC(=O)C1C(C(=O)OC)C2CCC1N2Cc1cccc2c1NCC2.Cl. The van der Waals surface area contributed by atoms with Crippen LogP contribution in [0.2, 0.25) is 0 Å². The molecule has 142 valence electrons. The second-order valence-electron chi connectivity index (χ2n) is 7.11. The lowest BCUT2D eigenvalue weighted by Gasteiger charge is -2.24. The normalized spacial score (nSPS) is 28.8. The number of carbonyl (C=O) groups excluding carboxylic acids is 2. The third-order valence-corrected chi connectivity index (χ3v) is 6.06. The van der Waals surface area contributed by atoms with Gasteiger partial charge in [-0.15, -0.1) is 12.4 Å². The fourth-order valence-corrected chi connectivity index (χ4v) is 5.02. The molecule has 0 amide bonds. The smallest absolute Gasteiger partial charge is 0.311 e. The molecule has 0 radical (unpaired) electrons. The topological polar surface area (TPSA) is 67.9 Å². The zero-order valence-electron chi connectivity index (χ0n) is 15.1. The van der Waals surface area contributed by atoms with Crippen LogP contribution in [0.4, 0.5) is 5.69 Å². The van der Waals surface area contributed by atoms with Crippen molar-refractivity contribution in [2.75, 3.05) is 26.1 Å². The first-order valence-electron chi connectivity index (χ1n) is 8.91. The Morgan fingerprint density at radius 2 is 1.73 bits per heavy atom. The van der Waals surface area contributed by atoms with E-state index in [-0.39, 0.29) is 36.4 Å². The summed E-state index contributed by atoms with van der Waals surface area (Å²) in [6.45, 7) is 1.71. The molecule has 3 aliphatic rings. The monoisotopic (exact) mass is 380 g/mol. The lowest BCUT2D eigenvalue weighted by molar-refractivity contribution is -0.157. The minimum atomic E-state index is -0.430. The standard InChI is InChI=1S/C19H24N2O4.ClH/c1-24-18(22)15-13-6-7-14(16(15)19(23)25-2)21(13)10-12-5-3-4-11-8-9-20-17(11)12;/h3-5,13-16,20H,6-10H2,1-2H3;1H. The molecular weight excluding hydrogens is 356 g/mol. The molecule has 2 saturated heterocycles. The van der Waals surface area contributed by atoms with Gasteiger partial charge in [0, 0.05) is 30.9 Å². The maximum atomic E-state index is 12.4. The summed E-state index contributed by atoms with van der Waals surface area (Å²) in [6.07, 6.45) is 2.88. The van der Waals surface area contributed by atoms with E-state index in [4.69, 9.17) is 9.47 Å². The van der Waals surface area contributed by atoms with Crippen LogP contribution in [0, 0.1) is 11.8 Å². The van der Waals surface area contributed by atoms with Gasteiger partial charge in [-0.3, -0.25) is 14.5 Å². The van der Waals surface area contributed by atoms with E-state index in [2.05, 4.69) is 28.4 Å². The molecule has 1 N–H and O–H groups in total. The number of esters is 2. The van der Waals surface area contributed by atoms with Crippen LogP contribution in [-0.2, 0) is 32.0 Å². The van der Waals surface area contributed by atoms with E-state index in [1.807, 2.05) is 0 Å². The molecule has 4 unspecified atom stereocenters. The first-order valence-corrected chi connectivity index (χ1v) is 8.91. The van der Waals surface area contributed by atoms with Gasteiger partial charge in [-0.25, -0.2) is 0 Å². The summed E-state index contributed by atoms with van der Waals surface area (Å²) in [6, 6.07) is 6.47. The fraction of sp³-hybridized carbons (Fsp3) is 0.579. The number of hydrogen-bond donors (Lipinski definition) is 1. The summed E-state index contributed by atoms with van der Waals surface area (Å²) in [4.78, 5) is 27.0. The first-order chi connectivity index (χ1) is 12.2. The summed E-state index contributed by atoms with van der Waals surface area (Å²) < 4.78 is 10.00. The molecule has 1 aromatic carbocycles. The predicted molar refractivity (Wildman–Crippen MR) is 99.2 cm³/mol. The zero-order valence-corrected chi connectivity index (χ0v) is 15.9. The van der Waals surface area contributed by atoms with Crippen molar-refractivity contribution in [2.45, 2.75) is 37.9 Å². The Kier molecular flexibility index (Phi) is 5.44. The summed E-state index contributed by atoms with van der Waals surface area (Å²) in [5, 5.41) is 3.47. The second-order valence-corrected chi connectivity index (χ2v) is 7.11. The van der Waals surface area contributed by atoms with Crippen LogP contribution in [-0.4, -0.2) is 49.7 Å². The highest BCUT2D eigenvalue weighted by molar-refractivity contribution is 5.85. The maximum absolute atomic E-state index is 12.4.